The van der Waals surface area contributed by atoms with Crippen LogP contribution >= 0.6 is 0 Å². The number of aryl methyl sites for hydroxylation is 1. The van der Waals surface area contributed by atoms with Crippen LogP contribution in [-0.2, 0) is 17.9 Å². The van der Waals surface area contributed by atoms with Gasteiger partial charge in [0.05, 0.1) is 5.97 Å². The summed E-state index contributed by atoms with van der Waals surface area (Å²) >= 11 is 0. The molecule has 0 aliphatic heterocycles. The molecule has 0 N–H and O–H groups in total. The Bertz CT molecular complexity index is 827. The van der Waals surface area contributed by atoms with Crippen LogP contribution in [-0.4, -0.2) is 17.4 Å². The van der Waals surface area contributed by atoms with Crippen molar-refractivity contribution in [3.05, 3.63) is 107 Å². The molecular formula is C24H24NO2Rb. The molecule has 0 aromatic heterocycles. The number of carboxylic acid groups (broad SMARTS) is 1. The molecule has 1 atom stereocenters. The van der Waals surface area contributed by atoms with Crippen LogP contribution in [0.2, 0.25) is 0 Å². The van der Waals surface area contributed by atoms with Crippen molar-refractivity contribution in [1.29, 1.82) is 0 Å². The molecule has 3 aromatic rings. The third-order valence-corrected chi connectivity index (χ3v) is 4.79. The van der Waals surface area contributed by atoms with Gasteiger partial charge in [-0.15, -0.1) is 0 Å². The van der Waals surface area contributed by atoms with E-state index in [2.05, 4.69) is 29.2 Å². The summed E-state index contributed by atoms with van der Waals surface area (Å²) in [6.07, 6.45) is 0. The molecule has 0 aliphatic carbocycles. The van der Waals surface area contributed by atoms with E-state index in [4.69, 9.17) is 0 Å². The molecule has 138 valence electrons. The largest absolute Gasteiger partial charge is 1.00 e. The number of benzene rings is 3. The Hall–Kier alpha value is -1.10. The van der Waals surface area contributed by atoms with E-state index in [1.54, 1.807) is 0 Å². The van der Waals surface area contributed by atoms with Crippen molar-refractivity contribution in [3.63, 3.8) is 0 Å². The predicted octanol–water partition coefficient (Wildman–Crippen LogP) is 0.535. The van der Waals surface area contributed by atoms with Crippen LogP contribution in [0, 0.1) is 6.92 Å². The molecule has 0 saturated heterocycles. The van der Waals surface area contributed by atoms with Crippen LogP contribution in [0.15, 0.2) is 84.9 Å². The molecule has 28 heavy (non-hydrogen) atoms. The van der Waals surface area contributed by atoms with Crippen molar-refractivity contribution in [2.45, 2.75) is 25.9 Å². The molecule has 0 fully saturated rings. The van der Waals surface area contributed by atoms with E-state index in [0.717, 1.165) is 22.3 Å². The van der Waals surface area contributed by atoms with Crippen LogP contribution in [0.4, 0.5) is 0 Å². The fourth-order valence-electron chi connectivity index (χ4n) is 3.40. The van der Waals surface area contributed by atoms with Crippen LogP contribution in [0.25, 0.3) is 0 Å². The van der Waals surface area contributed by atoms with Gasteiger partial charge in [0.1, 0.15) is 0 Å². The first-order chi connectivity index (χ1) is 13.1. The van der Waals surface area contributed by atoms with Crippen molar-refractivity contribution in [2.75, 3.05) is 6.54 Å². The van der Waals surface area contributed by atoms with Crippen molar-refractivity contribution in [1.82, 2.24) is 4.90 Å². The molecule has 0 bridgehead atoms. The van der Waals surface area contributed by atoms with Gasteiger partial charge in [0, 0.05) is 25.6 Å². The summed E-state index contributed by atoms with van der Waals surface area (Å²) in [6, 6.07) is 27.9. The molecular weight excluding hydrogens is 420 g/mol. The van der Waals surface area contributed by atoms with Gasteiger partial charge in [0.2, 0.25) is 0 Å². The number of nitrogens with zero attached hydrogens (tertiary/aromatic N) is 1. The van der Waals surface area contributed by atoms with Gasteiger partial charge < -0.3 is 9.90 Å². The Morgan fingerprint density at radius 3 is 1.75 bits per heavy atom. The minimum absolute atomic E-state index is 0. The second kappa shape index (κ2) is 11.8. The van der Waals surface area contributed by atoms with Gasteiger partial charge in [0.25, 0.3) is 0 Å². The fraction of sp³-hybridized carbons (Fsp3) is 0.208. The van der Waals surface area contributed by atoms with E-state index < -0.39 is 11.9 Å². The minimum Gasteiger partial charge on any atom is -0.549 e. The maximum atomic E-state index is 12.0. The third-order valence-electron chi connectivity index (χ3n) is 4.79. The first-order valence-corrected chi connectivity index (χ1v) is 9.20. The number of carbonyl (C=O) groups is 1. The number of carboxylic acids is 1. The second-order valence-electron chi connectivity index (χ2n) is 6.87. The first-order valence-electron chi connectivity index (χ1n) is 9.20. The van der Waals surface area contributed by atoms with Crippen molar-refractivity contribution in [3.8, 4) is 0 Å². The van der Waals surface area contributed by atoms with Crippen LogP contribution in [0.1, 0.15) is 28.2 Å². The SMILES string of the molecule is Cc1ccccc1C(CN(Cc1ccccc1)Cc1ccccc1)C(=O)[O-].[Rb+]. The molecule has 0 saturated carbocycles. The van der Waals surface area contributed by atoms with E-state index in [1.165, 1.54) is 0 Å². The van der Waals surface area contributed by atoms with Crippen LogP contribution in [0.3, 0.4) is 0 Å². The van der Waals surface area contributed by atoms with E-state index in [0.29, 0.717) is 19.6 Å². The van der Waals surface area contributed by atoms with E-state index in [1.807, 2.05) is 67.6 Å². The van der Waals surface area contributed by atoms with Crippen LogP contribution < -0.4 is 63.3 Å². The molecule has 0 spiro atoms. The molecule has 3 aromatic carbocycles. The zero-order chi connectivity index (χ0) is 19.1. The summed E-state index contributed by atoms with van der Waals surface area (Å²) in [5.74, 6) is -1.70. The van der Waals surface area contributed by atoms with E-state index in [9.17, 15) is 9.90 Å². The molecule has 0 amide bonds. The molecule has 3 rings (SSSR count). The maximum Gasteiger partial charge on any atom is 1.00 e. The summed E-state index contributed by atoms with van der Waals surface area (Å²) in [5.41, 5.74) is 4.13. The monoisotopic (exact) mass is 443 g/mol. The van der Waals surface area contributed by atoms with Gasteiger partial charge in [-0.1, -0.05) is 84.9 Å². The summed E-state index contributed by atoms with van der Waals surface area (Å²) in [4.78, 5) is 14.1. The maximum absolute atomic E-state index is 12.0. The van der Waals surface area contributed by atoms with Crippen molar-refractivity contribution >= 4 is 5.97 Å². The minimum atomic E-state index is -1.03. The quantitative estimate of drug-likeness (QED) is 0.510. The molecule has 3 nitrogen and oxygen atoms in total. The van der Waals surface area contributed by atoms with E-state index in [-0.39, 0.29) is 58.2 Å². The van der Waals surface area contributed by atoms with Gasteiger partial charge >= 0.3 is 58.2 Å². The van der Waals surface area contributed by atoms with E-state index >= 15 is 0 Å². The van der Waals surface area contributed by atoms with Crippen LogP contribution in [0.5, 0.6) is 0 Å². The topological polar surface area (TPSA) is 43.4 Å². The first kappa shape index (κ1) is 23.2. The summed E-state index contributed by atoms with van der Waals surface area (Å²) in [5, 5.41) is 12.0. The number of hydrogen-bond donors (Lipinski definition) is 0. The molecule has 0 heterocycles. The predicted molar refractivity (Wildman–Crippen MR) is 106 cm³/mol. The summed E-state index contributed by atoms with van der Waals surface area (Å²) in [6.45, 7) is 3.72. The Morgan fingerprint density at radius 2 is 1.29 bits per heavy atom. The molecule has 0 aliphatic rings. The standard InChI is InChI=1S/C24H25NO2.Rb/c1-19-10-8-9-15-22(19)23(24(26)27)18-25(16-20-11-4-2-5-12-20)17-21-13-6-3-7-14-21;/h2-15,23H,16-18H2,1H3,(H,26,27);/q;+1/p-1. The Kier molecular flexibility index (Phi) is 9.76. The normalized spacial score (nSPS) is 11.6. The Labute approximate surface area is 216 Å². The summed E-state index contributed by atoms with van der Waals surface area (Å²) < 4.78 is 0. The number of hydrogen-bond acceptors (Lipinski definition) is 3. The zero-order valence-corrected chi connectivity index (χ0v) is 21.5. The van der Waals surface area contributed by atoms with Gasteiger partial charge in [-0.2, -0.15) is 0 Å². The Morgan fingerprint density at radius 1 is 0.821 bits per heavy atom. The summed E-state index contributed by atoms with van der Waals surface area (Å²) in [7, 11) is 0. The number of aliphatic carboxylic acids is 1. The number of carbonyl (C=O) groups excluding carboxylic acids is 1. The zero-order valence-electron chi connectivity index (χ0n) is 16.5. The molecule has 1 unspecified atom stereocenters. The van der Waals surface area contributed by atoms with Crippen molar-refractivity contribution < 1.29 is 68.1 Å². The second-order valence-corrected chi connectivity index (χ2v) is 6.87. The fourth-order valence-corrected chi connectivity index (χ4v) is 3.40. The molecule has 0 radical (unpaired) electrons. The average Bonchev–Trinajstić information content (AvgIpc) is 2.68. The van der Waals surface area contributed by atoms with Gasteiger partial charge in [-0.3, -0.25) is 4.90 Å². The Balaban J connectivity index is 0.00000280. The molecule has 4 heteroatoms. The average molecular weight is 444 g/mol. The van der Waals surface area contributed by atoms with Gasteiger partial charge in [-0.05, 0) is 29.2 Å². The van der Waals surface area contributed by atoms with Gasteiger partial charge in [-0.25, -0.2) is 0 Å². The number of rotatable bonds is 8. The smallest absolute Gasteiger partial charge is 0.549 e. The van der Waals surface area contributed by atoms with Crippen molar-refractivity contribution in [2.24, 2.45) is 0 Å². The van der Waals surface area contributed by atoms with Gasteiger partial charge in [0.15, 0.2) is 0 Å². The third kappa shape index (κ3) is 6.75.